The molecule has 32 heavy (non-hydrogen) atoms. The lowest BCUT2D eigenvalue weighted by Crippen LogP contribution is -2.31. The molecule has 15 nitrogen and oxygen atoms in total. The third-order valence-electron chi connectivity index (χ3n) is 2.58. The number of hydrogen-bond donors (Lipinski definition) is 3. The molecule has 0 aromatic rings. The van der Waals surface area contributed by atoms with E-state index in [-0.39, 0.29) is 6.61 Å². The SMILES string of the molecule is O=C(O/C=C\OO)OCC(COC(=O)OCC#CCC/C=C\OO)OC(=O)O/C=C\OO. The third-order valence-corrected chi connectivity index (χ3v) is 2.58. The summed E-state index contributed by atoms with van der Waals surface area (Å²) in [6.45, 7) is -1.54. The van der Waals surface area contributed by atoms with Crippen LogP contribution < -0.4 is 0 Å². The number of ether oxygens (including phenoxy) is 6. The van der Waals surface area contributed by atoms with Crippen LogP contribution in [0.3, 0.4) is 0 Å². The van der Waals surface area contributed by atoms with Gasteiger partial charge in [-0.3, -0.25) is 0 Å². The van der Waals surface area contributed by atoms with E-state index < -0.39 is 37.8 Å². The average Bonchev–Trinajstić information content (AvgIpc) is 2.77. The Morgan fingerprint density at radius 1 is 0.719 bits per heavy atom. The van der Waals surface area contributed by atoms with E-state index in [2.05, 4.69) is 45.5 Å². The van der Waals surface area contributed by atoms with E-state index in [1.165, 1.54) is 6.08 Å². The van der Waals surface area contributed by atoms with Crippen LogP contribution in [0.4, 0.5) is 14.4 Å². The fourth-order valence-corrected chi connectivity index (χ4v) is 1.40. The second-order valence-electron chi connectivity index (χ2n) is 4.76. The minimum atomic E-state index is -1.35. The maximum Gasteiger partial charge on any atom is 0.513 e. The van der Waals surface area contributed by atoms with Gasteiger partial charge in [0.05, 0.1) is 0 Å². The molecular weight excluding hydrogens is 444 g/mol. The lowest BCUT2D eigenvalue weighted by atomic mass is 10.3. The molecule has 0 amide bonds. The van der Waals surface area contributed by atoms with Gasteiger partial charge in [-0.15, -0.1) is 0 Å². The summed E-state index contributed by atoms with van der Waals surface area (Å²) in [4.78, 5) is 45.1. The van der Waals surface area contributed by atoms with Crippen molar-refractivity contribution in [2.24, 2.45) is 0 Å². The number of carbonyl (C=O) groups is 3. The molecule has 1 unspecified atom stereocenters. The van der Waals surface area contributed by atoms with Crippen molar-refractivity contribution in [3.05, 3.63) is 37.4 Å². The fraction of sp³-hybridized carbons (Fsp3) is 0.353. The van der Waals surface area contributed by atoms with Crippen molar-refractivity contribution in [1.82, 2.24) is 0 Å². The Bertz CT molecular complexity index is 688. The number of carbonyl (C=O) groups excluding carboxylic acids is 3. The van der Waals surface area contributed by atoms with Crippen LogP contribution in [0.25, 0.3) is 0 Å². The number of rotatable bonds is 13. The summed E-state index contributed by atoms with van der Waals surface area (Å²) in [5, 5.41) is 24.2. The van der Waals surface area contributed by atoms with Crippen LogP contribution in [0.15, 0.2) is 37.4 Å². The van der Waals surface area contributed by atoms with Crippen LogP contribution in [0.1, 0.15) is 12.8 Å². The molecule has 0 radical (unpaired) electrons. The van der Waals surface area contributed by atoms with E-state index in [0.717, 1.165) is 6.26 Å². The number of hydrogen-bond acceptors (Lipinski definition) is 15. The summed E-state index contributed by atoms with van der Waals surface area (Å²) in [5.41, 5.74) is 0. The van der Waals surface area contributed by atoms with Gasteiger partial charge in [0.2, 0.25) is 0 Å². The molecule has 1 atom stereocenters. The van der Waals surface area contributed by atoms with Gasteiger partial charge in [0.15, 0.2) is 25.2 Å². The molecule has 0 bridgehead atoms. The van der Waals surface area contributed by atoms with Gasteiger partial charge >= 0.3 is 18.5 Å². The van der Waals surface area contributed by atoms with E-state index in [1.807, 2.05) is 0 Å². The Morgan fingerprint density at radius 2 is 1.31 bits per heavy atom. The molecule has 178 valence electrons. The first kappa shape index (κ1) is 27.9. The van der Waals surface area contributed by atoms with E-state index in [9.17, 15) is 14.4 Å². The van der Waals surface area contributed by atoms with Crippen LogP contribution in [-0.4, -0.2) is 60.2 Å². The summed E-state index contributed by atoms with van der Waals surface area (Å²) in [7, 11) is 0. The monoisotopic (exact) mass is 464 g/mol. The van der Waals surface area contributed by atoms with Crippen molar-refractivity contribution in [3.8, 4) is 11.8 Å². The Kier molecular flexibility index (Phi) is 17.6. The molecule has 0 aliphatic rings. The lowest BCUT2D eigenvalue weighted by molar-refractivity contribution is -0.188. The van der Waals surface area contributed by atoms with Crippen molar-refractivity contribution in [2.45, 2.75) is 18.9 Å². The molecule has 15 heteroatoms. The molecule has 0 aliphatic heterocycles. The topological polar surface area (TPSA) is 195 Å². The zero-order valence-electron chi connectivity index (χ0n) is 16.3. The first-order valence-corrected chi connectivity index (χ1v) is 8.35. The summed E-state index contributed by atoms with van der Waals surface area (Å²) < 4.78 is 27.4. The maximum absolute atomic E-state index is 11.6. The smallest absolute Gasteiger partial charge is 0.430 e. The molecular formula is C17H20O15. The number of allylic oxidation sites excluding steroid dienone is 1. The Morgan fingerprint density at radius 3 is 1.94 bits per heavy atom. The van der Waals surface area contributed by atoms with Gasteiger partial charge in [0.25, 0.3) is 0 Å². The standard InChI is InChI=1S/C17H20O15/c18-15(24-6-4-2-1-3-5-7-29-21)27-12-14(32-17(20)26-9-11-31-23)13-28-16(19)25-8-10-30-22/h5,7-11,14,21-23H,1,3,6,12-13H2/b7-5-,10-8-,11-9-. The van der Waals surface area contributed by atoms with E-state index in [0.29, 0.717) is 37.9 Å². The Labute approximate surface area is 180 Å². The molecule has 0 saturated carbocycles. The predicted octanol–water partition coefficient (Wildman–Crippen LogP) is 2.52. The zero-order chi connectivity index (χ0) is 23.9. The minimum Gasteiger partial charge on any atom is -0.430 e. The molecule has 0 spiro atoms. The second-order valence-corrected chi connectivity index (χ2v) is 4.76. The largest absolute Gasteiger partial charge is 0.513 e. The summed E-state index contributed by atoms with van der Waals surface area (Å²) in [6, 6.07) is 0. The highest BCUT2D eigenvalue weighted by atomic mass is 17.1. The van der Waals surface area contributed by atoms with E-state index >= 15 is 0 Å². The molecule has 0 saturated heterocycles. The van der Waals surface area contributed by atoms with Crippen molar-refractivity contribution in [2.75, 3.05) is 19.8 Å². The van der Waals surface area contributed by atoms with Crippen molar-refractivity contribution in [1.29, 1.82) is 0 Å². The van der Waals surface area contributed by atoms with Gasteiger partial charge in [-0.1, -0.05) is 11.8 Å². The summed E-state index contributed by atoms with van der Waals surface area (Å²) >= 11 is 0. The van der Waals surface area contributed by atoms with Crippen molar-refractivity contribution in [3.63, 3.8) is 0 Å². The second kappa shape index (κ2) is 20.2. The van der Waals surface area contributed by atoms with Crippen LogP contribution in [-0.2, 0) is 43.1 Å². The lowest BCUT2D eigenvalue weighted by Gasteiger charge is -2.16. The molecule has 0 aliphatic carbocycles. The predicted molar refractivity (Wildman–Crippen MR) is 96.7 cm³/mol. The first-order chi connectivity index (χ1) is 15.5. The normalized spacial score (nSPS) is 11.2. The molecule has 0 fully saturated rings. The van der Waals surface area contributed by atoms with Gasteiger partial charge in [-0.25, -0.2) is 30.2 Å². The van der Waals surface area contributed by atoms with Gasteiger partial charge in [-0.2, -0.15) is 0 Å². The van der Waals surface area contributed by atoms with Crippen LogP contribution in [0.5, 0.6) is 0 Å². The van der Waals surface area contributed by atoms with Gasteiger partial charge in [0.1, 0.15) is 32.0 Å². The Balaban J connectivity index is 4.48. The van der Waals surface area contributed by atoms with E-state index in [4.69, 9.17) is 25.2 Å². The average molecular weight is 464 g/mol. The van der Waals surface area contributed by atoms with Gasteiger partial charge in [-0.05, 0) is 12.5 Å². The van der Waals surface area contributed by atoms with Crippen molar-refractivity contribution < 1.29 is 73.2 Å². The highest BCUT2D eigenvalue weighted by molar-refractivity contribution is 5.62. The maximum atomic E-state index is 11.6. The third kappa shape index (κ3) is 17.9. The molecule has 0 aromatic heterocycles. The molecule has 0 aromatic carbocycles. The van der Waals surface area contributed by atoms with Gasteiger partial charge in [0, 0.05) is 6.42 Å². The van der Waals surface area contributed by atoms with Crippen LogP contribution in [0.2, 0.25) is 0 Å². The minimum absolute atomic E-state index is 0.291. The number of unbranched alkanes of at least 4 members (excludes halogenated alkanes) is 1. The highest BCUT2D eigenvalue weighted by Crippen LogP contribution is 2.02. The quantitative estimate of drug-likeness (QED) is 0.0683. The summed E-state index contributed by atoms with van der Waals surface area (Å²) in [5.74, 6) is 5.21. The van der Waals surface area contributed by atoms with Crippen LogP contribution in [0, 0.1) is 11.8 Å². The van der Waals surface area contributed by atoms with Gasteiger partial charge < -0.3 is 43.1 Å². The zero-order valence-corrected chi connectivity index (χ0v) is 16.3. The Hall–Kier alpha value is -4.13. The van der Waals surface area contributed by atoms with Crippen LogP contribution >= 0.6 is 0 Å². The van der Waals surface area contributed by atoms with Crippen molar-refractivity contribution >= 4 is 18.5 Å². The molecule has 0 heterocycles. The van der Waals surface area contributed by atoms with E-state index in [1.54, 1.807) is 0 Å². The fourth-order valence-electron chi connectivity index (χ4n) is 1.40. The molecule has 3 N–H and O–H groups in total. The molecule has 0 rings (SSSR count). The summed E-state index contributed by atoms with van der Waals surface area (Å²) in [6.07, 6.45) is 0.911. The highest BCUT2D eigenvalue weighted by Gasteiger charge is 2.21. The first-order valence-electron chi connectivity index (χ1n) is 8.35.